The van der Waals surface area contributed by atoms with Crippen molar-refractivity contribution in [2.75, 3.05) is 6.61 Å². The van der Waals surface area contributed by atoms with Gasteiger partial charge in [-0.05, 0) is 51.3 Å². The van der Waals surface area contributed by atoms with E-state index in [4.69, 9.17) is 4.74 Å². The van der Waals surface area contributed by atoms with Crippen molar-refractivity contribution in [3.8, 4) is 0 Å². The molecular weight excluding hydrogens is 212 g/mol. The van der Waals surface area contributed by atoms with E-state index in [1.165, 1.54) is 11.1 Å². The first kappa shape index (κ1) is 13.5. The lowest BCUT2D eigenvalue weighted by molar-refractivity contribution is -0.138. The van der Waals surface area contributed by atoms with E-state index in [1.807, 2.05) is 20.8 Å². The van der Waals surface area contributed by atoms with E-state index in [9.17, 15) is 4.79 Å². The predicted octanol–water partition coefficient (Wildman–Crippen LogP) is 3.66. The second kappa shape index (κ2) is 5.67. The number of allylic oxidation sites excluding steroid dienone is 1. The third-order valence-corrected chi connectivity index (χ3v) is 2.93. The Bertz CT molecular complexity index is 456. The van der Waals surface area contributed by atoms with E-state index in [0.717, 1.165) is 11.1 Å². The van der Waals surface area contributed by atoms with Gasteiger partial charge in [0, 0.05) is 5.57 Å². The minimum absolute atomic E-state index is 0.232. The van der Waals surface area contributed by atoms with E-state index in [0.29, 0.717) is 12.2 Å². The van der Waals surface area contributed by atoms with Crippen molar-refractivity contribution in [2.45, 2.75) is 34.6 Å². The molecule has 0 aliphatic heterocycles. The van der Waals surface area contributed by atoms with E-state index in [2.05, 4.69) is 32.0 Å². The van der Waals surface area contributed by atoms with E-state index >= 15 is 0 Å². The molecule has 0 aromatic heterocycles. The predicted molar refractivity (Wildman–Crippen MR) is 70.8 cm³/mol. The Morgan fingerprint density at radius 2 is 1.88 bits per heavy atom. The number of esters is 1. The van der Waals surface area contributed by atoms with Crippen molar-refractivity contribution >= 4 is 11.5 Å². The average molecular weight is 232 g/mol. The van der Waals surface area contributed by atoms with Crippen LogP contribution in [0, 0.1) is 13.8 Å². The first-order valence-corrected chi connectivity index (χ1v) is 5.89. The highest BCUT2D eigenvalue weighted by Gasteiger charge is 2.11. The molecule has 0 N–H and O–H groups in total. The summed E-state index contributed by atoms with van der Waals surface area (Å²) in [6, 6.07) is 6.24. The van der Waals surface area contributed by atoms with Crippen LogP contribution >= 0.6 is 0 Å². The molecule has 0 fully saturated rings. The van der Waals surface area contributed by atoms with Crippen molar-refractivity contribution in [1.82, 2.24) is 0 Å². The number of hydrogen-bond donors (Lipinski definition) is 0. The van der Waals surface area contributed by atoms with Crippen molar-refractivity contribution in [3.63, 3.8) is 0 Å². The largest absolute Gasteiger partial charge is 0.463 e. The van der Waals surface area contributed by atoms with Crippen molar-refractivity contribution < 1.29 is 9.53 Å². The number of aryl methyl sites for hydroxylation is 2. The zero-order valence-electron chi connectivity index (χ0n) is 11.3. The zero-order valence-corrected chi connectivity index (χ0v) is 11.3. The number of carbonyl (C=O) groups excluding carboxylic acids is 1. The molecule has 0 radical (unpaired) electrons. The quantitative estimate of drug-likeness (QED) is 0.587. The second-order valence-corrected chi connectivity index (χ2v) is 4.29. The fourth-order valence-electron chi connectivity index (χ4n) is 1.83. The Morgan fingerprint density at radius 1 is 1.24 bits per heavy atom. The number of benzene rings is 1. The molecule has 0 atom stereocenters. The topological polar surface area (TPSA) is 26.3 Å². The minimum atomic E-state index is -0.232. The zero-order chi connectivity index (χ0) is 13.0. The van der Waals surface area contributed by atoms with Gasteiger partial charge in [-0.3, -0.25) is 0 Å². The van der Waals surface area contributed by atoms with Crippen LogP contribution < -0.4 is 0 Å². The fourth-order valence-corrected chi connectivity index (χ4v) is 1.83. The molecule has 0 spiro atoms. The molecule has 92 valence electrons. The normalized spacial score (nSPS) is 12.1. The van der Waals surface area contributed by atoms with Crippen molar-refractivity contribution in [2.24, 2.45) is 0 Å². The van der Waals surface area contributed by atoms with Gasteiger partial charge in [0.25, 0.3) is 0 Å². The molecule has 0 saturated carbocycles. The monoisotopic (exact) mass is 232 g/mol. The fraction of sp³-hybridized carbons (Fsp3) is 0.400. The highest BCUT2D eigenvalue weighted by atomic mass is 16.5. The Balaban J connectivity index is 3.14. The SMILES string of the molecule is CCOC(=O)/C(C)=C(/C)c1ccc(C)cc1C. The second-order valence-electron chi connectivity index (χ2n) is 4.29. The molecule has 1 aromatic rings. The maximum absolute atomic E-state index is 11.7. The van der Waals surface area contributed by atoms with Gasteiger partial charge in [0.05, 0.1) is 6.61 Å². The van der Waals surface area contributed by atoms with Crippen LogP contribution in [0.15, 0.2) is 23.8 Å². The van der Waals surface area contributed by atoms with E-state index in [-0.39, 0.29) is 5.97 Å². The van der Waals surface area contributed by atoms with E-state index < -0.39 is 0 Å². The van der Waals surface area contributed by atoms with E-state index in [1.54, 1.807) is 0 Å². The molecule has 2 nitrogen and oxygen atoms in total. The van der Waals surface area contributed by atoms with Crippen LogP contribution in [0.2, 0.25) is 0 Å². The maximum atomic E-state index is 11.7. The van der Waals surface area contributed by atoms with Gasteiger partial charge >= 0.3 is 5.97 Å². The number of hydrogen-bond acceptors (Lipinski definition) is 2. The van der Waals surface area contributed by atoms with Crippen LogP contribution in [0.5, 0.6) is 0 Å². The molecule has 0 heterocycles. The Morgan fingerprint density at radius 3 is 2.41 bits per heavy atom. The standard InChI is InChI=1S/C15H20O2/c1-6-17-15(16)13(5)12(4)14-8-7-10(2)9-11(14)3/h7-9H,6H2,1-5H3/b13-12-. The highest BCUT2D eigenvalue weighted by Crippen LogP contribution is 2.23. The summed E-state index contributed by atoms with van der Waals surface area (Å²) >= 11 is 0. The van der Waals surface area contributed by atoms with Crippen LogP contribution in [-0.2, 0) is 9.53 Å². The Labute approximate surface area is 103 Å². The lowest BCUT2D eigenvalue weighted by Gasteiger charge is -2.11. The van der Waals surface area contributed by atoms with Gasteiger partial charge in [-0.1, -0.05) is 23.8 Å². The molecular formula is C15H20O2. The summed E-state index contributed by atoms with van der Waals surface area (Å²) in [7, 11) is 0. The van der Waals surface area contributed by atoms with Gasteiger partial charge in [-0.15, -0.1) is 0 Å². The maximum Gasteiger partial charge on any atom is 0.333 e. The van der Waals surface area contributed by atoms with Gasteiger partial charge in [-0.25, -0.2) is 4.79 Å². The molecule has 0 aliphatic carbocycles. The molecule has 1 rings (SSSR count). The van der Waals surface area contributed by atoms with Crippen molar-refractivity contribution in [1.29, 1.82) is 0 Å². The average Bonchev–Trinajstić information content (AvgIpc) is 2.27. The minimum Gasteiger partial charge on any atom is -0.463 e. The van der Waals surface area contributed by atoms with Crippen LogP contribution in [0.3, 0.4) is 0 Å². The summed E-state index contributed by atoms with van der Waals surface area (Å²) in [4.78, 5) is 11.7. The molecule has 1 aromatic carbocycles. The molecule has 0 bridgehead atoms. The first-order chi connectivity index (χ1) is 7.97. The molecule has 0 aliphatic rings. The number of rotatable bonds is 3. The first-order valence-electron chi connectivity index (χ1n) is 5.89. The third-order valence-electron chi connectivity index (χ3n) is 2.93. The van der Waals surface area contributed by atoms with Gasteiger partial charge in [0.2, 0.25) is 0 Å². The van der Waals surface area contributed by atoms with Crippen LogP contribution in [0.25, 0.3) is 5.57 Å². The van der Waals surface area contributed by atoms with Crippen LogP contribution in [0.1, 0.15) is 37.5 Å². The summed E-state index contributed by atoms with van der Waals surface area (Å²) in [6.07, 6.45) is 0. The molecule has 0 unspecified atom stereocenters. The van der Waals surface area contributed by atoms with Crippen molar-refractivity contribution in [3.05, 3.63) is 40.5 Å². The smallest absolute Gasteiger partial charge is 0.333 e. The Hall–Kier alpha value is -1.57. The lowest BCUT2D eigenvalue weighted by Crippen LogP contribution is -2.07. The summed E-state index contributed by atoms with van der Waals surface area (Å²) in [5.74, 6) is -0.232. The number of carbonyl (C=O) groups is 1. The lowest BCUT2D eigenvalue weighted by atomic mass is 9.96. The van der Waals surface area contributed by atoms with Gasteiger partial charge in [-0.2, -0.15) is 0 Å². The van der Waals surface area contributed by atoms with Crippen LogP contribution in [-0.4, -0.2) is 12.6 Å². The Kier molecular flexibility index (Phi) is 4.50. The third kappa shape index (κ3) is 3.19. The molecule has 0 saturated heterocycles. The summed E-state index contributed by atoms with van der Waals surface area (Å²) in [5, 5.41) is 0. The van der Waals surface area contributed by atoms with Gasteiger partial charge < -0.3 is 4.74 Å². The number of ether oxygens (including phenoxy) is 1. The molecule has 0 amide bonds. The van der Waals surface area contributed by atoms with Gasteiger partial charge in [0.1, 0.15) is 0 Å². The summed E-state index contributed by atoms with van der Waals surface area (Å²) in [6.45, 7) is 10.1. The molecule has 17 heavy (non-hydrogen) atoms. The summed E-state index contributed by atoms with van der Waals surface area (Å²) in [5.41, 5.74) is 5.19. The highest BCUT2D eigenvalue weighted by molar-refractivity contribution is 5.96. The van der Waals surface area contributed by atoms with Gasteiger partial charge in [0.15, 0.2) is 0 Å². The summed E-state index contributed by atoms with van der Waals surface area (Å²) < 4.78 is 5.01. The molecule has 2 heteroatoms. The van der Waals surface area contributed by atoms with Crippen LogP contribution in [0.4, 0.5) is 0 Å².